The summed E-state index contributed by atoms with van der Waals surface area (Å²) >= 11 is 0. The molecule has 5 rings (SSSR count). The fourth-order valence-electron chi connectivity index (χ4n) is 5.02. The monoisotopic (exact) mass is 505 g/mol. The van der Waals surface area contributed by atoms with Crippen molar-refractivity contribution in [1.82, 2.24) is 24.2 Å². The molecule has 11 heteroatoms. The summed E-state index contributed by atoms with van der Waals surface area (Å²) in [5.74, 6) is 4.38. The number of rotatable bonds is 6. The van der Waals surface area contributed by atoms with E-state index in [1.54, 1.807) is 31.0 Å². The number of nitrogens with zero attached hydrogens (tertiary/aromatic N) is 5. The number of halogens is 1. The van der Waals surface area contributed by atoms with Crippen molar-refractivity contribution in [1.29, 1.82) is 0 Å². The molecule has 3 atom stereocenters. The number of fused-ring (bicyclic) bond motifs is 1. The van der Waals surface area contributed by atoms with Crippen LogP contribution in [0, 0.1) is 17.7 Å². The third kappa shape index (κ3) is 4.34. The van der Waals surface area contributed by atoms with Crippen molar-refractivity contribution in [3.05, 3.63) is 53.8 Å². The maximum atomic E-state index is 14.9. The summed E-state index contributed by atoms with van der Waals surface area (Å²) in [5, 5.41) is 17.7. The van der Waals surface area contributed by atoms with Crippen LogP contribution in [-0.2, 0) is 4.79 Å². The number of benzene rings is 1. The average Bonchev–Trinajstić information content (AvgIpc) is 3.31. The van der Waals surface area contributed by atoms with Gasteiger partial charge >= 0.3 is 0 Å². The van der Waals surface area contributed by atoms with Crippen LogP contribution in [0.25, 0.3) is 11.0 Å². The molecule has 1 aliphatic carbocycles. The third-order valence-electron chi connectivity index (χ3n) is 6.99. The molecule has 0 bridgehead atoms. The lowest BCUT2D eigenvalue weighted by atomic mass is 10.1. The zero-order valence-corrected chi connectivity index (χ0v) is 20.6. The highest BCUT2D eigenvalue weighted by Crippen LogP contribution is 2.37. The zero-order chi connectivity index (χ0) is 26.4. The fourth-order valence-corrected chi connectivity index (χ4v) is 5.02. The van der Waals surface area contributed by atoms with Crippen molar-refractivity contribution in [3.8, 4) is 11.8 Å². The van der Waals surface area contributed by atoms with Crippen molar-refractivity contribution in [2.75, 3.05) is 18.9 Å². The van der Waals surface area contributed by atoms with Gasteiger partial charge in [-0.2, -0.15) is 5.10 Å². The van der Waals surface area contributed by atoms with Crippen LogP contribution < -0.4 is 11.1 Å². The highest BCUT2D eigenvalue weighted by Gasteiger charge is 2.40. The first-order valence-corrected chi connectivity index (χ1v) is 12.1. The molecule has 0 radical (unpaired) electrons. The number of anilines is 1. The van der Waals surface area contributed by atoms with E-state index in [-0.39, 0.29) is 35.3 Å². The molecule has 4 N–H and O–H groups in total. The minimum atomic E-state index is -0.779. The van der Waals surface area contributed by atoms with Gasteiger partial charge in [-0.1, -0.05) is 12.5 Å². The predicted molar refractivity (Wildman–Crippen MR) is 135 cm³/mol. The summed E-state index contributed by atoms with van der Waals surface area (Å²) in [6.45, 7) is 5.40. The summed E-state index contributed by atoms with van der Waals surface area (Å²) in [5.41, 5.74) is 7.32. The van der Waals surface area contributed by atoms with Gasteiger partial charge in [0.15, 0.2) is 5.69 Å². The van der Waals surface area contributed by atoms with E-state index in [1.165, 1.54) is 17.0 Å². The molecule has 1 aromatic carbocycles. The Morgan fingerprint density at radius 3 is 2.70 bits per heavy atom. The average molecular weight is 506 g/mol. The smallest absolute Gasteiger partial charge is 0.255 e. The molecule has 1 aliphatic heterocycles. The first-order valence-electron chi connectivity index (χ1n) is 12.1. The molecule has 1 saturated carbocycles. The Labute approximate surface area is 212 Å². The number of amides is 2. The van der Waals surface area contributed by atoms with Crippen LogP contribution in [0.1, 0.15) is 59.9 Å². The number of aliphatic hydroxyl groups is 1. The van der Waals surface area contributed by atoms with E-state index in [1.807, 2.05) is 4.57 Å². The van der Waals surface area contributed by atoms with Gasteiger partial charge in [0, 0.05) is 25.7 Å². The molecule has 3 aromatic rings. The van der Waals surface area contributed by atoms with Gasteiger partial charge in [-0.15, -0.1) is 0 Å². The maximum Gasteiger partial charge on any atom is 0.255 e. The molecule has 2 amide bonds. The van der Waals surface area contributed by atoms with Gasteiger partial charge in [0.1, 0.15) is 17.2 Å². The molecule has 1 saturated heterocycles. The summed E-state index contributed by atoms with van der Waals surface area (Å²) in [7, 11) is 1.62. The summed E-state index contributed by atoms with van der Waals surface area (Å²) < 4.78 is 18.5. The lowest BCUT2D eigenvalue weighted by Crippen LogP contribution is -2.40. The lowest BCUT2D eigenvalue weighted by molar-refractivity contribution is -0.128. The first-order chi connectivity index (χ1) is 17.7. The fraction of sp³-hybridized carbons (Fsp3) is 0.385. The second-order valence-electron chi connectivity index (χ2n) is 9.48. The molecule has 2 fully saturated rings. The molecule has 192 valence electrons. The molecule has 2 aromatic heterocycles. The second kappa shape index (κ2) is 9.37. The molecule has 0 spiro atoms. The number of primary amides is 1. The zero-order valence-electron chi connectivity index (χ0n) is 20.6. The Hall–Kier alpha value is -4.17. The van der Waals surface area contributed by atoms with Crippen LogP contribution in [0.2, 0.25) is 0 Å². The number of likely N-dealkylation sites (tertiary alicyclic amines) is 1. The Morgan fingerprint density at radius 2 is 2.08 bits per heavy atom. The van der Waals surface area contributed by atoms with Gasteiger partial charge in [-0.3, -0.25) is 9.59 Å². The number of carbonyl (C=O) groups excluding carboxylic acids is 2. The largest absolute Gasteiger partial charge is 0.391 e. The van der Waals surface area contributed by atoms with Gasteiger partial charge < -0.3 is 25.6 Å². The van der Waals surface area contributed by atoms with E-state index < -0.39 is 23.9 Å². The van der Waals surface area contributed by atoms with Crippen molar-refractivity contribution >= 4 is 28.7 Å². The number of nitrogens with one attached hydrogen (secondary N) is 1. The lowest BCUT2D eigenvalue weighted by Gasteiger charge is -2.25. The van der Waals surface area contributed by atoms with Crippen LogP contribution in [0.4, 0.5) is 10.2 Å². The van der Waals surface area contributed by atoms with Crippen LogP contribution in [0.3, 0.4) is 0 Å². The Morgan fingerprint density at radius 1 is 1.32 bits per heavy atom. The topological polar surface area (TPSA) is 131 Å². The molecular weight excluding hydrogens is 477 g/mol. The number of hydrogen-bond acceptors (Lipinski definition) is 6. The van der Waals surface area contributed by atoms with Gasteiger partial charge in [-0.05, 0) is 44.2 Å². The molecule has 2 aliphatic rings. The summed E-state index contributed by atoms with van der Waals surface area (Å²) in [6, 6.07) is 2.56. The molecule has 1 unspecified atom stereocenters. The van der Waals surface area contributed by atoms with E-state index in [4.69, 9.17) is 5.73 Å². The van der Waals surface area contributed by atoms with Crippen LogP contribution in [0.5, 0.6) is 0 Å². The number of nitrogens with two attached hydrogens (primary N) is 1. The minimum Gasteiger partial charge on any atom is -0.391 e. The van der Waals surface area contributed by atoms with Crippen molar-refractivity contribution in [2.45, 2.75) is 50.4 Å². The summed E-state index contributed by atoms with van der Waals surface area (Å²) in [4.78, 5) is 30.7. The van der Waals surface area contributed by atoms with Crippen LogP contribution >= 0.6 is 0 Å². The van der Waals surface area contributed by atoms with E-state index in [9.17, 15) is 19.1 Å². The highest BCUT2D eigenvalue weighted by molar-refractivity contribution is 6.00. The van der Waals surface area contributed by atoms with Crippen LogP contribution in [-0.4, -0.2) is 66.9 Å². The van der Waals surface area contributed by atoms with E-state index in [0.717, 1.165) is 18.4 Å². The Balaban J connectivity index is 1.53. The Kier molecular flexibility index (Phi) is 6.21. The molecular formula is C26H28FN7O3. The quantitative estimate of drug-likeness (QED) is 0.347. The number of imidazole rings is 1. The van der Waals surface area contributed by atoms with E-state index in [0.29, 0.717) is 23.8 Å². The number of carbonyl (C=O) groups is 2. The molecule has 3 heterocycles. The highest BCUT2D eigenvalue weighted by atomic mass is 19.1. The standard InChI is InChI=1S/C26H28FN7O3/c1-4-23(36)32-12-17(10-21(32)14(2)35)34-26(29-3)24(25(28)37)19(31-34)8-5-15-9-20-22(11-18(15)27)33(13-30-20)16-6-7-16/h4,9,11,13-14,16-17,21,29,35H,1,6-7,10,12H2,2-3H3,(H2,28,37)/t14?,17-,21+/m0/s1. The van der Waals surface area contributed by atoms with Gasteiger partial charge in [-0.25, -0.2) is 14.1 Å². The molecule has 10 nitrogen and oxygen atoms in total. The van der Waals surface area contributed by atoms with Crippen molar-refractivity contribution in [3.63, 3.8) is 0 Å². The van der Waals surface area contributed by atoms with Crippen molar-refractivity contribution < 1.29 is 19.1 Å². The SMILES string of the molecule is C=CC(=O)N1C[C@@H](n2nc(C#Cc3cc4ncn(C5CC5)c4cc3F)c(C(N)=O)c2NC)C[C@@H]1C(C)O. The van der Waals surface area contributed by atoms with Gasteiger partial charge in [0.25, 0.3) is 5.91 Å². The minimum absolute atomic E-state index is 0.0663. The number of aromatic nitrogens is 4. The maximum absolute atomic E-state index is 14.9. The van der Waals surface area contributed by atoms with E-state index >= 15 is 0 Å². The van der Waals surface area contributed by atoms with Crippen molar-refractivity contribution in [2.24, 2.45) is 5.73 Å². The summed E-state index contributed by atoms with van der Waals surface area (Å²) in [6.07, 6.45) is 4.64. The molecule has 37 heavy (non-hydrogen) atoms. The van der Waals surface area contributed by atoms with E-state index in [2.05, 4.69) is 33.8 Å². The second-order valence-corrected chi connectivity index (χ2v) is 9.48. The number of aliphatic hydroxyl groups excluding tert-OH is 1. The van der Waals surface area contributed by atoms with Crippen LogP contribution in [0.15, 0.2) is 31.1 Å². The van der Waals surface area contributed by atoms with Gasteiger partial charge in [0.2, 0.25) is 5.91 Å². The third-order valence-corrected chi connectivity index (χ3v) is 6.99. The normalized spacial score (nSPS) is 19.9. The van der Waals surface area contributed by atoms with Gasteiger partial charge in [0.05, 0.1) is 41.1 Å². The first kappa shape index (κ1) is 24.5. The number of hydrogen-bond donors (Lipinski definition) is 3. The predicted octanol–water partition coefficient (Wildman–Crippen LogP) is 1.96. The Bertz CT molecular complexity index is 1470.